The first kappa shape index (κ1) is 39.8. The Kier molecular flexibility index (Phi) is 14.8. The van der Waals surface area contributed by atoms with Crippen molar-refractivity contribution in [1.29, 1.82) is 0 Å². The molecule has 0 saturated carbocycles. The van der Waals surface area contributed by atoms with Crippen molar-refractivity contribution >= 4 is 36.3 Å². The molecule has 1 unspecified atom stereocenters. The first-order valence-corrected chi connectivity index (χ1v) is 20.3. The summed E-state index contributed by atoms with van der Waals surface area (Å²) in [4.78, 5) is 26.5. The number of benzene rings is 3. The maximum absolute atomic E-state index is 14.1. The Bertz CT molecular complexity index is 1410. The Labute approximate surface area is 296 Å². The van der Waals surface area contributed by atoms with E-state index >= 15 is 0 Å². The molecule has 48 heavy (non-hydrogen) atoms. The van der Waals surface area contributed by atoms with Gasteiger partial charge in [0.25, 0.3) is 0 Å². The lowest BCUT2D eigenvalue weighted by Gasteiger charge is -2.49. The van der Waals surface area contributed by atoms with Crippen LogP contribution in [0, 0.1) is 5.41 Å². The highest BCUT2D eigenvalue weighted by Crippen LogP contribution is 2.44. The van der Waals surface area contributed by atoms with Crippen molar-refractivity contribution in [3.05, 3.63) is 102 Å². The average molecular weight is 742 g/mol. The third kappa shape index (κ3) is 10.9. The largest absolute Gasteiger partial charge is 0.497 e. The predicted molar refractivity (Wildman–Crippen MR) is 197 cm³/mol. The zero-order valence-electron chi connectivity index (χ0n) is 29.9. The molecule has 0 bridgehead atoms. The van der Waals surface area contributed by atoms with Crippen LogP contribution in [0.2, 0.25) is 18.1 Å². The van der Waals surface area contributed by atoms with E-state index in [0.29, 0.717) is 0 Å². The molecule has 0 heterocycles. The smallest absolute Gasteiger partial charge is 0.192 e. The second kappa shape index (κ2) is 17.8. The Morgan fingerprint density at radius 1 is 0.750 bits per heavy atom. The van der Waals surface area contributed by atoms with Crippen LogP contribution >= 0.6 is 15.9 Å². The standard InChI is InChI=1S/C39H53BrO7Si/c1-28(40)34(42)35(45-26-30-18-14-11-15-19-30)37(47-48(8,9)38(2,3)4)39(5,6)36(46-27-31-20-22-32(43-7)23-21-31)33(24-41)44-25-29-16-12-10-13-17-29/h10-24,28,33,35-37H,25-27H2,1-9H3/t28?,33-,35-,36-,37-/m0/s1. The lowest BCUT2D eigenvalue weighted by atomic mass is 9.75. The van der Waals surface area contributed by atoms with Gasteiger partial charge in [0.1, 0.15) is 18.0 Å². The van der Waals surface area contributed by atoms with Crippen molar-refractivity contribution < 1.29 is 33.0 Å². The molecule has 0 fully saturated rings. The number of hydrogen-bond donors (Lipinski definition) is 0. The minimum atomic E-state index is -2.54. The van der Waals surface area contributed by atoms with Gasteiger partial charge in [0.05, 0.1) is 44.0 Å². The van der Waals surface area contributed by atoms with Crippen LogP contribution in [-0.4, -0.2) is 56.7 Å². The normalized spacial score (nSPS) is 15.6. The monoisotopic (exact) mass is 740 g/mol. The molecule has 0 saturated heterocycles. The fourth-order valence-electron chi connectivity index (χ4n) is 5.17. The number of methoxy groups -OCH3 is 1. The average Bonchev–Trinajstić information content (AvgIpc) is 3.06. The molecule has 0 aliphatic heterocycles. The molecule has 3 rings (SSSR count). The van der Waals surface area contributed by atoms with Gasteiger partial charge in [0, 0.05) is 5.41 Å². The van der Waals surface area contributed by atoms with E-state index < -0.39 is 43.0 Å². The van der Waals surface area contributed by atoms with Crippen molar-refractivity contribution in [2.75, 3.05) is 7.11 Å². The molecular weight excluding hydrogens is 688 g/mol. The first-order valence-electron chi connectivity index (χ1n) is 16.5. The van der Waals surface area contributed by atoms with Crippen LogP contribution in [0.4, 0.5) is 0 Å². The zero-order valence-corrected chi connectivity index (χ0v) is 32.5. The number of Topliss-reactive ketones (excluding diaryl/α,β-unsaturated/α-hetero) is 1. The number of alkyl halides is 1. The molecule has 7 nitrogen and oxygen atoms in total. The van der Waals surface area contributed by atoms with Gasteiger partial charge in [-0.1, -0.05) is 123 Å². The van der Waals surface area contributed by atoms with Crippen molar-refractivity contribution in [1.82, 2.24) is 0 Å². The summed E-state index contributed by atoms with van der Waals surface area (Å²) < 4.78 is 32.1. The van der Waals surface area contributed by atoms with Crippen molar-refractivity contribution in [2.45, 2.75) is 109 Å². The van der Waals surface area contributed by atoms with Crippen LogP contribution in [-0.2, 0) is 48.0 Å². The summed E-state index contributed by atoms with van der Waals surface area (Å²) >= 11 is 3.53. The molecule has 0 amide bonds. The summed E-state index contributed by atoms with van der Waals surface area (Å²) in [6, 6.07) is 27.1. The van der Waals surface area contributed by atoms with Gasteiger partial charge in [0.2, 0.25) is 0 Å². The molecule has 262 valence electrons. The molecule has 0 radical (unpaired) electrons. The van der Waals surface area contributed by atoms with Crippen LogP contribution in [0.25, 0.3) is 0 Å². The minimum absolute atomic E-state index is 0.149. The second-order valence-electron chi connectivity index (χ2n) is 14.3. The fraction of sp³-hybridized carbons (Fsp3) is 0.487. The van der Waals surface area contributed by atoms with E-state index in [4.69, 9.17) is 23.4 Å². The Hall–Kier alpha value is -2.66. The number of halogens is 1. The van der Waals surface area contributed by atoms with Crippen molar-refractivity contribution in [3.8, 4) is 5.75 Å². The van der Waals surface area contributed by atoms with Gasteiger partial charge in [0.15, 0.2) is 20.4 Å². The maximum Gasteiger partial charge on any atom is 0.192 e. The van der Waals surface area contributed by atoms with E-state index in [1.807, 2.05) is 98.8 Å². The minimum Gasteiger partial charge on any atom is -0.497 e. The van der Waals surface area contributed by atoms with E-state index in [1.165, 1.54) is 0 Å². The predicted octanol–water partition coefficient (Wildman–Crippen LogP) is 8.72. The maximum atomic E-state index is 14.1. The molecule has 0 aliphatic carbocycles. The molecule has 0 aromatic heterocycles. The number of rotatable bonds is 19. The van der Waals surface area contributed by atoms with Crippen molar-refractivity contribution in [2.24, 2.45) is 5.41 Å². The van der Waals surface area contributed by atoms with Crippen molar-refractivity contribution in [3.63, 3.8) is 0 Å². The van der Waals surface area contributed by atoms with Crippen LogP contribution in [0.5, 0.6) is 5.75 Å². The van der Waals surface area contributed by atoms with Crippen LogP contribution < -0.4 is 4.74 Å². The van der Waals surface area contributed by atoms with Gasteiger partial charge >= 0.3 is 0 Å². The molecule has 0 spiro atoms. The number of ketones is 1. The molecule has 9 heteroatoms. The topological polar surface area (TPSA) is 80.3 Å². The Balaban J connectivity index is 2.12. The highest BCUT2D eigenvalue weighted by atomic mass is 79.9. The molecular formula is C39H53BrO7Si. The summed E-state index contributed by atoms with van der Waals surface area (Å²) in [5.74, 6) is 0.584. The summed E-state index contributed by atoms with van der Waals surface area (Å²) in [7, 11) is -0.913. The molecule has 3 aromatic carbocycles. The Morgan fingerprint density at radius 3 is 1.69 bits per heavy atom. The highest BCUT2D eigenvalue weighted by molar-refractivity contribution is 9.10. The molecule has 3 aromatic rings. The summed E-state index contributed by atoms with van der Waals surface area (Å²) in [6.45, 7) is 17.2. The SMILES string of the molecule is COc1ccc(CO[C@@H]([C@H](C=O)OCc2ccccc2)C(C)(C)[C@@H](O[Si](C)(C)C(C)(C)C)[C@@H](OCc2ccccc2)C(=O)C(C)Br)cc1. The fourth-order valence-corrected chi connectivity index (χ4v) is 6.85. The number of aldehydes is 1. The van der Waals surface area contributed by atoms with Gasteiger partial charge in [-0.25, -0.2) is 0 Å². The van der Waals surface area contributed by atoms with E-state index in [1.54, 1.807) is 14.0 Å². The van der Waals surface area contributed by atoms with Gasteiger partial charge < -0.3 is 28.2 Å². The summed E-state index contributed by atoms with van der Waals surface area (Å²) in [6.07, 6.45) is -2.77. The third-order valence-corrected chi connectivity index (χ3v) is 14.1. The van der Waals surface area contributed by atoms with E-state index in [-0.39, 0.29) is 30.6 Å². The van der Waals surface area contributed by atoms with Crippen LogP contribution in [0.1, 0.15) is 58.2 Å². The van der Waals surface area contributed by atoms with E-state index in [9.17, 15) is 9.59 Å². The zero-order chi connectivity index (χ0) is 35.5. The second-order valence-corrected chi connectivity index (χ2v) is 20.5. The lowest BCUT2D eigenvalue weighted by Crippen LogP contribution is -2.61. The van der Waals surface area contributed by atoms with E-state index in [2.05, 4.69) is 49.8 Å². The molecule has 0 aliphatic rings. The van der Waals surface area contributed by atoms with Gasteiger partial charge in [-0.15, -0.1) is 0 Å². The van der Waals surface area contributed by atoms with Crippen LogP contribution in [0.15, 0.2) is 84.9 Å². The Morgan fingerprint density at radius 2 is 1.23 bits per heavy atom. The van der Waals surface area contributed by atoms with Gasteiger partial charge in [-0.3, -0.25) is 4.79 Å². The number of ether oxygens (including phenoxy) is 4. The van der Waals surface area contributed by atoms with Crippen LogP contribution in [0.3, 0.4) is 0 Å². The van der Waals surface area contributed by atoms with E-state index in [0.717, 1.165) is 28.7 Å². The molecule has 0 N–H and O–H groups in total. The number of carbonyl (C=O) groups excluding carboxylic acids is 2. The molecule has 5 atom stereocenters. The number of hydrogen-bond acceptors (Lipinski definition) is 7. The third-order valence-electron chi connectivity index (χ3n) is 9.22. The number of carbonyl (C=O) groups is 2. The quantitative estimate of drug-likeness (QED) is 0.0691. The summed E-state index contributed by atoms with van der Waals surface area (Å²) in [5.41, 5.74) is 1.79. The summed E-state index contributed by atoms with van der Waals surface area (Å²) in [5, 5.41) is -0.179. The van der Waals surface area contributed by atoms with Gasteiger partial charge in [-0.05, 0) is 53.9 Å². The first-order chi connectivity index (χ1) is 22.6. The highest BCUT2D eigenvalue weighted by Gasteiger charge is 2.53. The van der Waals surface area contributed by atoms with Gasteiger partial charge in [-0.2, -0.15) is 0 Å². The lowest BCUT2D eigenvalue weighted by molar-refractivity contribution is -0.183.